The topological polar surface area (TPSA) is 55.8 Å². The summed E-state index contributed by atoms with van der Waals surface area (Å²) in [5.74, 6) is 2.14. The number of benzene rings is 1. The molecule has 1 aliphatic carbocycles. The smallest absolute Gasteiger partial charge is 0.256 e. The Morgan fingerprint density at radius 2 is 1.91 bits per heavy atom. The van der Waals surface area contributed by atoms with Gasteiger partial charge in [0.25, 0.3) is 7.37 Å². The van der Waals surface area contributed by atoms with E-state index in [1.54, 1.807) is 31.4 Å². The van der Waals surface area contributed by atoms with E-state index >= 15 is 0 Å². The molecule has 0 saturated heterocycles. The van der Waals surface area contributed by atoms with Crippen molar-refractivity contribution in [3.8, 4) is 5.75 Å². The lowest BCUT2D eigenvalue weighted by Gasteiger charge is -2.38. The second-order valence-corrected chi connectivity index (χ2v) is 9.34. The van der Waals surface area contributed by atoms with Crippen LogP contribution in [0.15, 0.2) is 24.3 Å². The van der Waals surface area contributed by atoms with Gasteiger partial charge in [0.1, 0.15) is 12.1 Å². The second kappa shape index (κ2) is 7.83. The van der Waals surface area contributed by atoms with Crippen LogP contribution in [0.1, 0.15) is 40.0 Å². The molecule has 0 bridgehead atoms. The molecule has 0 aromatic heterocycles. The van der Waals surface area contributed by atoms with Gasteiger partial charge in [-0.2, -0.15) is 0 Å². The predicted molar refractivity (Wildman–Crippen MR) is 93.5 cm³/mol. The summed E-state index contributed by atoms with van der Waals surface area (Å²) in [6, 6.07) is 6.97. The zero-order valence-electron chi connectivity index (χ0n) is 14.6. The summed E-state index contributed by atoms with van der Waals surface area (Å²) >= 11 is 0. The van der Waals surface area contributed by atoms with Crippen molar-refractivity contribution in [2.75, 3.05) is 13.5 Å². The fraction of sp³-hybridized carbons (Fsp3) is 0.667. The van der Waals surface area contributed by atoms with Gasteiger partial charge in [0, 0.05) is 5.30 Å². The monoisotopic (exact) mass is 340 g/mol. The average molecular weight is 340 g/mol. The van der Waals surface area contributed by atoms with Gasteiger partial charge in [-0.25, -0.2) is 0 Å². The van der Waals surface area contributed by atoms with Crippen LogP contribution in [-0.2, 0) is 9.09 Å². The molecule has 0 amide bonds. The number of aliphatic hydroxyl groups excluding tert-OH is 1. The molecule has 4 nitrogen and oxygen atoms in total. The van der Waals surface area contributed by atoms with Crippen molar-refractivity contribution in [1.82, 2.24) is 0 Å². The van der Waals surface area contributed by atoms with Crippen LogP contribution >= 0.6 is 7.37 Å². The molecule has 1 aromatic carbocycles. The van der Waals surface area contributed by atoms with Gasteiger partial charge in [0.05, 0.1) is 13.2 Å². The molecule has 23 heavy (non-hydrogen) atoms. The van der Waals surface area contributed by atoms with Gasteiger partial charge in [0.15, 0.2) is 0 Å². The number of hydrogen-bond acceptors (Lipinski definition) is 4. The minimum absolute atomic E-state index is 0.0566. The Morgan fingerprint density at radius 3 is 2.43 bits per heavy atom. The average Bonchev–Trinajstić information content (AvgIpc) is 2.54. The Balaban J connectivity index is 2.22. The van der Waals surface area contributed by atoms with Crippen molar-refractivity contribution in [1.29, 1.82) is 0 Å². The maximum atomic E-state index is 13.2. The minimum atomic E-state index is -3.25. The lowest BCUT2D eigenvalue weighted by Crippen LogP contribution is -2.34. The van der Waals surface area contributed by atoms with Gasteiger partial charge in [-0.15, -0.1) is 0 Å². The van der Waals surface area contributed by atoms with Crippen molar-refractivity contribution in [2.45, 2.75) is 46.1 Å². The first-order valence-corrected chi connectivity index (χ1v) is 10.2. The van der Waals surface area contributed by atoms with Crippen LogP contribution in [0, 0.1) is 17.8 Å². The van der Waals surface area contributed by atoms with E-state index in [0.717, 1.165) is 12.8 Å². The zero-order valence-corrected chi connectivity index (χ0v) is 15.5. The van der Waals surface area contributed by atoms with E-state index in [1.807, 2.05) is 0 Å². The molecule has 1 saturated carbocycles. The summed E-state index contributed by atoms with van der Waals surface area (Å²) in [4.78, 5) is 0. The van der Waals surface area contributed by atoms with Crippen molar-refractivity contribution < 1.29 is 18.9 Å². The van der Waals surface area contributed by atoms with Gasteiger partial charge in [0.2, 0.25) is 0 Å². The fourth-order valence-electron chi connectivity index (χ4n) is 3.44. The molecule has 4 atom stereocenters. The largest absolute Gasteiger partial charge is 0.497 e. The first-order chi connectivity index (χ1) is 10.9. The van der Waals surface area contributed by atoms with Crippen molar-refractivity contribution in [2.24, 2.45) is 17.8 Å². The number of aliphatic hydroxyl groups is 1. The standard InChI is InChI=1S/C18H29O4P/c1-13(2)17-10-5-14(3)11-18(17)22-23(20,12-19)16-8-6-15(21-4)7-9-16/h6-9,13-14,17-19H,5,10-12H2,1-4H3/t14-,17+,18-,23+/m1/s1. The van der Waals surface area contributed by atoms with Crippen molar-refractivity contribution >= 4 is 12.7 Å². The molecule has 0 aliphatic heterocycles. The molecule has 0 heterocycles. The fourth-order valence-corrected chi connectivity index (χ4v) is 5.07. The van der Waals surface area contributed by atoms with E-state index in [4.69, 9.17) is 9.26 Å². The molecule has 0 unspecified atom stereocenters. The molecule has 130 valence electrons. The number of methoxy groups -OCH3 is 1. The summed E-state index contributed by atoms with van der Waals surface area (Å²) in [6.07, 6.45) is 2.67. The van der Waals surface area contributed by atoms with Crippen LogP contribution in [0.4, 0.5) is 0 Å². The molecule has 0 spiro atoms. The molecule has 1 aromatic rings. The summed E-state index contributed by atoms with van der Waals surface area (Å²) in [6.45, 7) is 6.59. The number of rotatable bonds is 6. The second-order valence-electron chi connectivity index (χ2n) is 6.98. The zero-order chi connectivity index (χ0) is 17.0. The number of ether oxygens (including phenoxy) is 1. The molecule has 2 rings (SSSR count). The lowest BCUT2D eigenvalue weighted by molar-refractivity contribution is 0.0471. The van der Waals surface area contributed by atoms with Crippen LogP contribution in [0.3, 0.4) is 0 Å². The third kappa shape index (κ3) is 4.37. The van der Waals surface area contributed by atoms with Gasteiger partial charge in [-0.1, -0.05) is 27.2 Å². The Labute approximate surface area is 139 Å². The van der Waals surface area contributed by atoms with Gasteiger partial charge in [-0.3, -0.25) is 4.57 Å². The van der Waals surface area contributed by atoms with Gasteiger partial charge >= 0.3 is 0 Å². The lowest BCUT2D eigenvalue weighted by atomic mass is 9.75. The van der Waals surface area contributed by atoms with Crippen molar-refractivity contribution in [3.05, 3.63) is 24.3 Å². The van der Waals surface area contributed by atoms with Crippen LogP contribution in [0.5, 0.6) is 5.75 Å². The first-order valence-electron chi connectivity index (χ1n) is 8.42. The number of hydrogen-bond donors (Lipinski definition) is 1. The van der Waals surface area contributed by atoms with Crippen molar-refractivity contribution in [3.63, 3.8) is 0 Å². The molecular weight excluding hydrogens is 311 g/mol. The molecule has 1 fully saturated rings. The highest BCUT2D eigenvalue weighted by Crippen LogP contribution is 2.50. The molecular formula is C18H29O4P. The SMILES string of the molecule is COc1ccc([P@](=O)(CO)O[C@@H]2C[C@H](C)CC[C@H]2C(C)C)cc1. The highest BCUT2D eigenvalue weighted by atomic mass is 31.2. The predicted octanol–water partition coefficient (Wildman–Crippen LogP) is 4.03. The van der Waals surface area contributed by atoms with Crippen LogP contribution in [-0.4, -0.2) is 24.7 Å². The molecule has 1 aliphatic rings. The maximum Gasteiger partial charge on any atom is 0.256 e. The van der Waals surface area contributed by atoms with Crippen LogP contribution < -0.4 is 10.0 Å². The third-order valence-corrected chi connectivity index (χ3v) is 6.99. The Kier molecular flexibility index (Phi) is 6.30. The normalized spacial score (nSPS) is 27.7. The Bertz CT molecular complexity index is 540. The first kappa shape index (κ1) is 18.5. The van der Waals surface area contributed by atoms with Crippen LogP contribution in [0.2, 0.25) is 0 Å². The van der Waals surface area contributed by atoms with E-state index in [9.17, 15) is 9.67 Å². The van der Waals surface area contributed by atoms with E-state index in [1.165, 1.54) is 6.42 Å². The highest BCUT2D eigenvalue weighted by Gasteiger charge is 2.37. The van der Waals surface area contributed by atoms with Gasteiger partial charge < -0.3 is 14.4 Å². The summed E-state index contributed by atoms with van der Waals surface area (Å²) in [5.41, 5.74) is 0. The van der Waals surface area contributed by atoms with E-state index in [0.29, 0.717) is 28.8 Å². The maximum absolute atomic E-state index is 13.2. The quantitative estimate of drug-likeness (QED) is 0.795. The Hall–Kier alpha value is -0.830. The molecule has 5 heteroatoms. The van der Waals surface area contributed by atoms with Gasteiger partial charge in [-0.05, 0) is 54.9 Å². The van der Waals surface area contributed by atoms with Crippen LogP contribution in [0.25, 0.3) is 0 Å². The summed E-state index contributed by atoms with van der Waals surface area (Å²) in [7, 11) is -1.66. The third-order valence-electron chi connectivity index (χ3n) is 4.92. The Morgan fingerprint density at radius 1 is 1.26 bits per heavy atom. The summed E-state index contributed by atoms with van der Waals surface area (Å²) in [5, 5.41) is 10.3. The molecule has 1 N–H and O–H groups in total. The summed E-state index contributed by atoms with van der Waals surface area (Å²) < 4.78 is 24.4. The molecule has 0 radical (unpaired) electrons. The van der Waals surface area contributed by atoms with E-state index in [-0.39, 0.29) is 6.10 Å². The highest BCUT2D eigenvalue weighted by molar-refractivity contribution is 7.66. The van der Waals surface area contributed by atoms with E-state index < -0.39 is 13.7 Å². The van der Waals surface area contributed by atoms with E-state index in [2.05, 4.69) is 20.8 Å². The minimum Gasteiger partial charge on any atom is -0.497 e.